The maximum absolute atomic E-state index is 12.9. The number of rotatable bonds is 4. The van der Waals surface area contributed by atoms with Gasteiger partial charge in [-0.05, 0) is 37.5 Å². The average Bonchev–Trinajstić information content (AvgIpc) is 2.65. The van der Waals surface area contributed by atoms with Gasteiger partial charge in [0.1, 0.15) is 6.10 Å². The largest absolute Gasteiger partial charge is 0.370 e. The number of aryl methyl sites for hydroxylation is 2. The van der Waals surface area contributed by atoms with Gasteiger partial charge < -0.3 is 15.4 Å². The van der Waals surface area contributed by atoms with Gasteiger partial charge in [-0.25, -0.2) is 0 Å². The summed E-state index contributed by atoms with van der Waals surface area (Å²) in [6, 6.07) is 16.0. The first-order valence-electron chi connectivity index (χ1n) is 9.24. The molecule has 4 heteroatoms. The Morgan fingerprint density at radius 3 is 2.69 bits per heavy atom. The van der Waals surface area contributed by atoms with Crippen LogP contribution in [0.25, 0.3) is 0 Å². The van der Waals surface area contributed by atoms with E-state index in [0.717, 1.165) is 5.56 Å². The fourth-order valence-corrected chi connectivity index (χ4v) is 3.52. The Morgan fingerprint density at radius 1 is 1.23 bits per heavy atom. The molecule has 1 aliphatic heterocycles. The number of benzene rings is 2. The molecule has 0 saturated carbocycles. The lowest BCUT2D eigenvalue weighted by atomic mass is 9.98. The third kappa shape index (κ3) is 4.14. The normalized spacial score (nSPS) is 21.5. The number of carbonyl (C=O) groups is 1. The third-order valence-corrected chi connectivity index (χ3v) is 5.16. The van der Waals surface area contributed by atoms with Gasteiger partial charge in [0.2, 0.25) is 5.91 Å². The van der Waals surface area contributed by atoms with Crippen molar-refractivity contribution in [1.82, 2.24) is 4.90 Å². The minimum Gasteiger partial charge on any atom is -0.370 e. The molecule has 0 aliphatic carbocycles. The van der Waals surface area contributed by atoms with Crippen LogP contribution in [0.2, 0.25) is 0 Å². The summed E-state index contributed by atoms with van der Waals surface area (Å²) in [6.45, 7) is 7.32. The lowest BCUT2D eigenvalue weighted by Crippen LogP contribution is -2.49. The molecule has 138 valence electrons. The smallest absolute Gasteiger partial charge is 0.224 e. The Labute approximate surface area is 156 Å². The molecule has 1 heterocycles. The molecular formula is C22H28N2O2. The molecule has 2 aromatic rings. The van der Waals surface area contributed by atoms with Crippen LogP contribution in [0, 0.1) is 13.8 Å². The van der Waals surface area contributed by atoms with E-state index in [1.807, 2.05) is 42.2 Å². The molecule has 3 rings (SSSR count). The van der Waals surface area contributed by atoms with E-state index in [1.54, 1.807) is 0 Å². The summed E-state index contributed by atoms with van der Waals surface area (Å²) < 4.78 is 6.06. The predicted molar refractivity (Wildman–Crippen MR) is 104 cm³/mol. The summed E-state index contributed by atoms with van der Waals surface area (Å²) in [7, 11) is 0. The zero-order chi connectivity index (χ0) is 18.7. The molecule has 1 aliphatic rings. The van der Waals surface area contributed by atoms with E-state index in [-0.39, 0.29) is 24.1 Å². The fourth-order valence-electron chi connectivity index (χ4n) is 3.52. The summed E-state index contributed by atoms with van der Waals surface area (Å²) in [5.41, 5.74) is 10.8. The molecule has 1 fully saturated rings. The van der Waals surface area contributed by atoms with Gasteiger partial charge in [0.25, 0.3) is 0 Å². The first kappa shape index (κ1) is 18.6. The topological polar surface area (TPSA) is 55.6 Å². The van der Waals surface area contributed by atoms with Gasteiger partial charge >= 0.3 is 0 Å². The highest BCUT2D eigenvalue weighted by Gasteiger charge is 2.31. The number of hydrogen-bond acceptors (Lipinski definition) is 3. The summed E-state index contributed by atoms with van der Waals surface area (Å²) in [5.74, 6) is 0.0902. The highest BCUT2D eigenvalue weighted by molar-refractivity contribution is 5.77. The van der Waals surface area contributed by atoms with Crippen LogP contribution in [0.15, 0.2) is 48.5 Å². The van der Waals surface area contributed by atoms with E-state index in [0.29, 0.717) is 19.6 Å². The van der Waals surface area contributed by atoms with Crippen molar-refractivity contribution in [2.24, 2.45) is 5.73 Å². The standard InChI is InChI=1S/C22H28N2O2/c1-15-9-10-16(2)19(11-15)21-13-24(17(3)14-26-21)22(25)12-20(23)18-7-5-4-6-8-18/h4-11,17,20-21H,12-14,23H2,1-3H3. The van der Waals surface area contributed by atoms with Gasteiger partial charge in [-0.15, -0.1) is 0 Å². The zero-order valence-corrected chi connectivity index (χ0v) is 15.8. The number of morpholine rings is 1. The molecular weight excluding hydrogens is 324 g/mol. The van der Waals surface area contributed by atoms with Crippen LogP contribution in [0.1, 0.15) is 47.7 Å². The lowest BCUT2D eigenvalue weighted by Gasteiger charge is -2.39. The Morgan fingerprint density at radius 2 is 1.96 bits per heavy atom. The van der Waals surface area contributed by atoms with E-state index < -0.39 is 0 Å². The summed E-state index contributed by atoms with van der Waals surface area (Å²) in [5, 5.41) is 0. The number of hydrogen-bond donors (Lipinski definition) is 1. The van der Waals surface area contributed by atoms with E-state index in [1.165, 1.54) is 16.7 Å². The molecule has 1 amide bonds. The van der Waals surface area contributed by atoms with E-state index in [2.05, 4.69) is 32.0 Å². The van der Waals surface area contributed by atoms with Gasteiger partial charge in [0.05, 0.1) is 19.2 Å². The van der Waals surface area contributed by atoms with E-state index in [9.17, 15) is 4.79 Å². The summed E-state index contributed by atoms with van der Waals surface area (Å²) >= 11 is 0. The SMILES string of the molecule is Cc1ccc(C)c(C2CN(C(=O)CC(N)c3ccccc3)C(C)CO2)c1. The summed E-state index contributed by atoms with van der Waals surface area (Å²) in [4.78, 5) is 14.8. The highest BCUT2D eigenvalue weighted by Crippen LogP contribution is 2.29. The Hall–Kier alpha value is -2.17. The number of carbonyl (C=O) groups excluding carboxylic acids is 1. The first-order chi connectivity index (χ1) is 12.5. The van der Waals surface area contributed by atoms with Crippen molar-refractivity contribution in [3.63, 3.8) is 0 Å². The molecule has 2 N–H and O–H groups in total. The molecule has 0 radical (unpaired) electrons. The van der Waals surface area contributed by atoms with Gasteiger partial charge in [-0.1, -0.05) is 54.1 Å². The molecule has 2 aromatic carbocycles. The van der Waals surface area contributed by atoms with Crippen LogP contribution in [0.5, 0.6) is 0 Å². The molecule has 4 nitrogen and oxygen atoms in total. The van der Waals surface area contributed by atoms with Crippen molar-refractivity contribution in [2.45, 2.75) is 45.4 Å². The van der Waals surface area contributed by atoms with Crippen LogP contribution in [0.3, 0.4) is 0 Å². The molecule has 3 atom stereocenters. The minimum atomic E-state index is -0.280. The number of ether oxygens (including phenoxy) is 1. The molecule has 0 bridgehead atoms. The minimum absolute atomic E-state index is 0.0619. The third-order valence-electron chi connectivity index (χ3n) is 5.16. The van der Waals surface area contributed by atoms with Crippen molar-refractivity contribution < 1.29 is 9.53 Å². The van der Waals surface area contributed by atoms with Crippen LogP contribution in [0.4, 0.5) is 0 Å². The van der Waals surface area contributed by atoms with Crippen molar-refractivity contribution in [2.75, 3.05) is 13.2 Å². The highest BCUT2D eigenvalue weighted by atomic mass is 16.5. The second-order valence-corrected chi connectivity index (χ2v) is 7.30. The van der Waals surface area contributed by atoms with Crippen molar-refractivity contribution in [3.8, 4) is 0 Å². The van der Waals surface area contributed by atoms with E-state index in [4.69, 9.17) is 10.5 Å². The van der Waals surface area contributed by atoms with Gasteiger partial charge in [0.15, 0.2) is 0 Å². The van der Waals surface area contributed by atoms with Gasteiger partial charge in [-0.3, -0.25) is 4.79 Å². The molecule has 0 spiro atoms. The fraction of sp³-hybridized carbons (Fsp3) is 0.409. The molecule has 26 heavy (non-hydrogen) atoms. The lowest BCUT2D eigenvalue weighted by molar-refractivity contribution is -0.144. The second kappa shape index (κ2) is 8.02. The van der Waals surface area contributed by atoms with Crippen molar-refractivity contribution >= 4 is 5.91 Å². The Bertz CT molecular complexity index is 760. The van der Waals surface area contributed by atoms with Crippen LogP contribution >= 0.6 is 0 Å². The number of nitrogens with zero attached hydrogens (tertiary/aromatic N) is 1. The molecule has 0 aromatic heterocycles. The van der Waals surface area contributed by atoms with Gasteiger partial charge in [-0.2, -0.15) is 0 Å². The predicted octanol–water partition coefficient (Wildman–Crippen LogP) is 3.68. The second-order valence-electron chi connectivity index (χ2n) is 7.30. The van der Waals surface area contributed by atoms with Crippen molar-refractivity contribution in [3.05, 3.63) is 70.8 Å². The molecule has 1 saturated heterocycles. The van der Waals surface area contributed by atoms with Crippen molar-refractivity contribution in [1.29, 1.82) is 0 Å². The number of nitrogens with two attached hydrogens (primary N) is 1. The zero-order valence-electron chi connectivity index (χ0n) is 15.8. The Kier molecular flexibility index (Phi) is 5.74. The van der Waals surface area contributed by atoms with Crippen LogP contribution < -0.4 is 5.73 Å². The quantitative estimate of drug-likeness (QED) is 0.913. The Balaban J connectivity index is 1.72. The maximum atomic E-state index is 12.9. The maximum Gasteiger partial charge on any atom is 0.224 e. The number of amides is 1. The summed E-state index contributed by atoms with van der Waals surface area (Å²) in [6.07, 6.45) is 0.233. The first-order valence-corrected chi connectivity index (χ1v) is 9.24. The molecule has 3 unspecified atom stereocenters. The van der Waals surface area contributed by atoms with Gasteiger partial charge in [0, 0.05) is 12.5 Å². The van der Waals surface area contributed by atoms with E-state index >= 15 is 0 Å². The average molecular weight is 352 g/mol. The van der Waals surface area contributed by atoms with Crippen LogP contribution in [-0.4, -0.2) is 30.0 Å². The van der Waals surface area contributed by atoms with Crippen LogP contribution in [-0.2, 0) is 9.53 Å². The monoisotopic (exact) mass is 352 g/mol.